The molecule has 0 radical (unpaired) electrons. The lowest BCUT2D eigenvalue weighted by molar-refractivity contribution is 0.270. The first-order chi connectivity index (χ1) is 8.75. The molecule has 2 N–H and O–H groups in total. The highest BCUT2D eigenvalue weighted by Crippen LogP contribution is 2.25. The van der Waals surface area contributed by atoms with Crippen molar-refractivity contribution in [2.24, 2.45) is 0 Å². The van der Waals surface area contributed by atoms with E-state index in [-0.39, 0.29) is 13.0 Å². The lowest BCUT2D eigenvalue weighted by atomic mass is 10.1. The number of hydrogen-bond acceptors (Lipinski definition) is 4. The topological polar surface area (TPSA) is 68.2 Å². The van der Waals surface area contributed by atoms with E-state index in [2.05, 4.69) is 25.6 Å². The SMILES string of the molecule is CC(C)(C)[S@@+]([O-])NC(CCO)c1cc(Br)cnc1F. The molecule has 1 aromatic heterocycles. The third-order valence-corrected chi connectivity index (χ3v) is 4.48. The van der Waals surface area contributed by atoms with Gasteiger partial charge in [0.15, 0.2) is 0 Å². The molecular formula is C12H18BrFN2O2S. The Labute approximate surface area is 124 Å². The number of pyridine rings is 1. The number of aliphatic hydroxyl groups is 1. The van der Waals surface area contributed by atoms with Crippen LogP contribution in [0.2, 0.25) is 0 Å². The van der Waals surface area contributed by atoms with Crippen LogP contribution in [0.15, 0.2) is 16.7 Å². The van der Waals surface area contributed by atoms with Crippen LogP contribution in [0.25, 0.3) is 0 Å². The number of nitrogens with one attached hydrogen (secondary N) is 1. The van der Waals surface area contributed by atoms with E-state index in [4.69, 9.17) is 5.11 Å². The van der Waals surface area contributed by atoms with Crippen LogP contribution in [0.4, 0.5) is 4.39 Å². The summed E-state index contributed by atoms with van der Waals surface area (Å²) in [4.78, 5) is 3.62. The minimum atomic E-state index is -1.36. The molecule has 0 aliphatic rings. The van der Waals surface area contributed by atoms with E-state index in [0.29, 0.717) is 10.0 Å². The second kappa shape index (κ2) is 6.99. The predicted octanol–water partition coefficient (Wildman–Crippen LogP) is 2.46. The van der Waals surface area contributed by atoms with Gasteiger partial charge in [0.1, 0.15) is 4.75 Å². The van der Waals surface area contributed by atoms with E-state index in [1.54, 1.807) is 6.07 Å². The maximum absolute atomic E-state index is 13.7. The third-order valence-electron chi connectivity index (χ3n) is 2.43. The molecule has 1 aromatic rings. The fraction of sp³-hybridized carbons (Fsp3) is 0.583. The lowest BCUT2D eigenvalue weighted by Gasteiger charge is -2.28. The molecule has 4 nitrogen and oxygen atoms in total. The Kier molecular flexibility index (Phi) is 6.19. The van der Waals surface area contributed by atoms with Gasteiger partial charge >= 0.3 is 0 Å². The largest absolute Gasteiger partial charge is 0.598 e. The molecule has 0 aromatic carbocycles. The van der Waals surface area contributed by atoms with Gasteiger partial charge in [-0.15, -0.1) is 4.72 Å². The molecule has 108 valence electrons. The molecule has 0 aliphatic heterocycles. The van der Waals surface area contributed by atoms with Crippen molar-refractivity contribution in [3.63, 3.8) is 0 Å². The highest BCUT2D eigenvalue weighted by molar-refractivity contribution is 9.10. The summed E-state index contributed by atoms with van der Waals surface area (Å²) in [5.74, 6) is -0.625. The fourth-order valence-corrected chi connectivity index (χ4v) is 2.60. The van der Waals surface area contributed by atoms with E-state index in [1.807, 2.05) is 20.8 Å². The normalized spacial score (nSPS) is 15.3. The van der Waals surface area contributed by atoms with Crippen LogP contribution < -0.4 is 4.72 Å². The Morgan fingerprint density at radius 3 is 2.74 bits per heavy atom. The molecule has 19 heavy (non-hydrogen) atoms. The van der Waals surface area contributed by atoms with Crippen molar-refractivity contribution in [2.45, 2.75) is 38.0 Å². The molecular weight excluding hydrogens is 335 g/mol. The van der Waals surface area contributed by atoms with Crippen molar-refractivity contribution in [3.05, 3.63) is 28.2 Å². The average Bonchev–Trinajstić information content (AvgIpc) is 2.30. The molecule has 0 saturated heterocycles. The fourth-order valence-electron chi connectivity index (χ4n) is 1.40. The first kappa shape index (κ1) is 16.8. The van der Waals surface area contributed by atoms with E-state index in [9.17, 15) is 8.94 Å². The minimum absolute atomic E-state index is 0.134. The molecule has 0 aliphatic carbocycles. The van der Waals surface area contributed by atoms with Crippen LogP contribution >= 0.6 is 15.9 Å². The molecule has 2 atom stereocenters. The Morgan fingerprint density at radius 2 is 2.21 bits per heavy atom. The molecule has 7 heteroatoms. The molecule has 1 rings (SSSR count). The Balaban J connectivity index is 2.97. The van der Waals surface area contributed by atoms with Crippen LogP contribution in [-0.4, -0.2) is 26.0 Å². The average molecular weight is 353 g/mol. The third kappa shape index (κ3) is 5.00. The Bertz CT molecular complexity index is 429. The zero-order valence-corrected chi connectivity index (χ0v) is 13.5. The number of halogens is 2. The van der Waals surface area contributed by atoms with Gasteiger partial charge in [-0.05, 0) is 49.2 Å². The molecule has 0 spiro atoms. The number of aliphatic hydroxyl groups excluding tert-OH is 1. The summed E-state index contributed by atoms with van der Waals surface area (Å²) in [6.07, 6.45) is 1.62. The van der Waals surface area contributed by atoms with Gasteiger partial charge in [0.05, 0.1) is 6.04 Å². The van der Waals surface area contributed by atoms with Crippen LogP contribution in [-0.2, 0) is 11.4 Å². The second-order valence-corrected chi connectivity index (χ2v) is 8.01. The van der Waals surface area contributed by atoms with Crippen molar-refractivity contribution in [1.82, 2.24) is 9.71 Å². The summed E-state index contributed by atoms with van der Waals surface area (Å²) in [6, 6.07) is 1.03. The molecule has 0 bridgehead atoms. The molecule has 0 amide bonds. The zero-order chi connectivity index (χ0) is 14.6. The van der Waals surface area contributed by atoms with Gasteiger partial charge in [-0.1, -0.05) is 0 Å². The Hall–Kier alpha value is -0.210. The molecule has 0 saturated carbocycles. The maximum atomic E-state index is 13.7. The van der Waals surface area contributed by atoms with Gasteiger partial charge in [-0.25, -0.2) is 4.98 Å². The van der Waals surface area contributed by atoms with Gasteiger partial charge in [0.2, 0.25) is 5.95 Å². The van der Waals surface area contributed by atoms with Crippen LogP contribution in [0, 0.1) is 5.95 Å². The summed E-state index contributed by atoms with van der Waals surface area (Å²) in [7, 11) is 0. The number of hydrogen-bond donors (Lipinski definition) is 2. The lowest BCUT2D eigenvalue weighted by Crippen LogP contribution is -2.41. The van der Waals surface area contributed by atoms with Crippen molar-refractivity contribution in [2.75, 3.05) is 6.61 Å². The highest BCUT2D eigenvalue weighted by Gasteiger charge is 2.30. The van der Waals surface area contributed by atoms with Crippen molar-refractivity contribution < 1.29 is 14.0 Å². The summed E-state index contributed by atoms with van der Waals surface area (Å²) in [5.41, 5.74) is 0.293. The monoisotopic (exact) mass is 352 g/mol. The van der Waals surface area contributed by atoms with E-state index >= 15 is 0 Å². The number of aromatic nitrogens is 1. The maximum Gasteiger partial charge on any atom is 0.217 e. The van der Waals surface area contributed by atoms with E-state index in [0.717, 1.165) is 0 Å². The van der Waals surface area contributed by atoms with Gasteiger partial charge in [0, 0.05) is 34.2 Å². The molecule has 0 fully saturated rings. The smallest absolute Gasteiger partial charge is 0.217 e. The molecule has 1 unspecified atom stereocenters. The van der Waals surface area contributed by atoms with E-state index < -0.39 is 28.1 Å². The van der Waals surface area contributed by atoms with E-state index in [1.165, 1.54) is 6.20 Å². The van der Waals surface area contributed by atoms with Crippen LogP contribution in [0.1, 0.15) is 38.8 Å². The van der Waals surface area contributed by atoms with Crippen molar-refractivity contribution >= 4 is 27.3 Å². The Morgan fingerprint density at radius 1 is 1.58 bits per heavy atom. The summed E-state index contributed by atoms with van der Waals surface area (Å²) in [6.45, 7) is 5.33. The van der Waals surface area contributed by atoms with Crippen molar-refractivity contribution in [3.8, 4) is 0 Å². The van der Waals surface area contributed by atoms with Crippen LogP contribution in [0.3, 0.4) is 0 Å². The summed E-state index contributed by atoms with van der Waals surface area (Å²) >= 11 is 1.87. The first-order valence-electron chi connectivity index (χ1n) is 5.85. The first-order valence-corrected chi connectivity index (χ1v) is 7.80. The quantitative estimate of drug-likeness (QED) is 0.630. The minimum Gasteiger partial charge on any atom is -0.598 e. The number of nitrogens with zero attached hydrogens (tertiary/aromatic N) is 1. The number of rotatable bonds is 5. The second-order valence-electron chi connectivity index (χ2n) is 5.10. The predicted molar refractivity (Wildman–Crippen MR) is 77.4 cm³/mol. The van der Waals surface area contributed by atoms with Gasteiger partial charge in [-0.3, -0.25) is 0 Å². The summed E-state index contributed by atoms with van der Waals surface area (Å²) < 4.78 is 28.8. The van der Waals surface area contributed by atoms with Crippen molar-refractivity contribution in [1.29, 1.82) is 0 Å². The van der Waals surface area contributed by atoms with Gasteiger partial charge in [0.25, 0.3) is 0 Å². The zero-order valence-electron chi connectivity index (χ0n) is 11.1. The highest BCUT2D eigenvalue weighted by atomic mass is 79.9. The van der Waals surface area contributed by atoms with Gasteiger partial charge < -0.3 is 9.66 Å². The van der Waals surface area contributed by atoms with Gasteiger partial charge in [-0.2, -0.15) is 4.39 Å². The van der Waals surface area contributed by atoms with Crippen LogP contribution in [0.5, 0.6) is 0 Å². The standard InChI is InChI=1S/C12H18BrFN2O2S/c1-12(2,3)19(18)16-10(4-5-17)9-6-8(13)7-15-11(9)14/h6-7,10,16-17H,4-5H2,1-3H3/t10?,19-/m1/s1. The molecule has 1 heterocycles. The summed E-state index contributed by atoms with van der Waals surface area (Å²) in [5, 5.41) is 9.08.